The molecule has 1 aromatic heterocycles. The first-order chi connectivity index (χ1) is 12.6. The summed E-state index contributed by atoms with van der Waals surface area (Å²) < 4.78 is 5.98. The predicted molar refractivity (Wildman–Crippen MR) is 110 cm³/mol. The number of hydrogen-bond acceptors (Lipinski definition) is 6. The van der Waals surface area contributed by atoms with Crippen LogP contribution in [0.25, 0.3) is 11.3 Å². The Hall–Kier alpha value is -2.38. The van der Waals surface area contributed by atoms with Crippen LogP contribution in [0.3, 0.4) is 0 Å². The van der Waals surface area contributed by atoms with Crippen LogP contribution in [-0.4, -0.2) is 22.9 Å². The SMILES string of the molecule is CCOc1cc(/C=N/Nc2nc(-c3ccccc3)c(C)s2)cc(Br)c1O. The number of phenols is 1. The van der Waals surface area contributed by atoms with Crippen molar-refractivity contribution in [1.29, 1.82) is 0 Å². The third-order valence-corrected chi connectivity index (χ3v) is 5.05. The fourth-order valence-electron chi connectivity index (χ4n) is 2.40. The molecule has 134 valence electrons. The zero-order valence-corrected chi connectivity index (χ0v) is 16.8. The van der Waals surface area contributed by atoms with Crippen molar-refractivity contribution < 1.29 is 9.84 Å². The zero-order chi connectivity index (χ0) is 18.5. The van der Waals surface area contributed by atoms with Crippen LogP contribution in [0.2, 0.25) is 0 Å². The predicted octanol–water partition coefficient (Wildman–Crippen LogP) is 5.43. The standard InChI is InChI=1S/C19H18BrN3O2S/c1-3-25-16-10-13(9-15(20)18(16)24)11-21-23-19-22-17(12(2)26-19)14-7-5-4-6-8-14/h4-11,24H,3H2,1-2H3,(H,22,23)/b21-11+. The molecule has 0 saturated carbocycles. The summed E-state index contributed by atoms with van der Waals surface area (Å²) in [5.41, 5.74) is 5.80. The van der Waals surface area contributed by atoms with Gasteiger partial charge >= 0.3 is 0 Å². The molecule has 2 N–H and O–H groups in total. The molecule has 3 rings (SSSR count). The lowest BCUT2D eigenvalue weighted by Gasteiger charge is -2.08. The third-order valence-electron chi connectivity index (χ3n) is 3.57. The Morgan fingerprint density at radius 1 is 1.31 bits per heavy atom. The number of hydrazone groups is 1. The molecule has 0 atom stereocenters. The second kappa shape index (κ2) is 8.33. The summed E-state index contributed by atoms with van der Waals surface area (Å²) >= 11 is 4.87. The van der Waals surface area contributed by atoms with Gasteiger partial charge in [-0.15, -0.1) is 11.3 Å². The average molecular weight is 432 g/mol. The highest BCUT2D eigenvalue weighted by Crippen LogP contribution is 2.35. The molecular formula is C19H18BrN3O2S. The number of nitrogens with one attached hydrogen (secondary N) is 1. The van der Waals surface area contributed by atoms with Crippen molar-refractivity contribution >= 4 is 38.6 Å². The summed E-state index contributed by atoms with van der Waals surface area (Å²) in [6, 6.07) is 13.6. The Kier molecular flexibility index (Phi) is 5.90. The van der Waals surface area contributed by atoms with Crippen molar-refractivity contribution in [2.75, 3.05) is 12.0 Å². The maximum atomic E-state index is 9.96. The van der Waals surface area contributed by atoms with E-state index in [9.17, 15) is 5.11 Å². The van der Waals surface area contributed by atoms with Gasteiger partial charge in [0.2, 0.25) is 5.13 Å². The quantitative estimate of drug-likeness (QED) is 0.403. The number of rotatable bonds is 6. The molecule has 26 heavy (non-hydrogen) atoms. The highest BCUT2D eigenvalue weighted by atomic mass is 79.9. The number of halogens is 1. The van der Waals surface area contributed by atoms with E-state index in [2.05, 4.69) is 31.4 Å². The highest BCUT2D eigenvalue weighted by Gasteiger charge is 2.10. The molecule has 3 aromatic rings. The van der Waals surface area contributed by atoms with E-state index in [-0.39, 0.29) is 5.75 Å². The molecule has 0 fully saturated rings. The number of hydrogen-bond donors (Lipinski definition) is 2. The summed E-state index contributed by atoms with van der Waals surface area (Å²) in [5.74, 6) is 0.500. The first-order valence-corrected chi connectivity index (χ1v) is 9.66. The molecule has 0 aliphatic rings. The molecule has 0 radical (unpaired) electrons. The van der Waals surface area contributed by atoms with Crippen LogP contribution in [0.15, 0.2) is 52.0 Å². The van der Waals surface area contributed by atoms with Gasteiger partial charge in [-0.05, 0) is 47.5 Å². The number of nitrogens with zero attached hydrogens (tertiary/aromatic N) is 2. The van der Waals surface area contributed by atoms with Crippen LogP contribution in [0.4, 0.5) is 5.13 Å². The number of aromatic hydroxyl groups is 1. The van der Waals surface area contributed by atoms with Gasteiger partial charge in [0.05, 0.1) is 23.0 Å². The summed E-state index contributed by atoms with van der Waals surface area (Å²) in [4.78, 5) is 5.73. The van der Waals surface area contributed by atoms with Crippen molar-refractivity contribution in [3.63, 3.8) is 0 Å². The van der Waals surface area contributed by atoms with E-state index in [0.29, 0.717) is 16.8 Å². The Morgan fingerprint density at radius 3 is 2.81 bits per heavy atom. The van der Waals surface area contributed by atoms with Gasteiger partial charge in [0.25, 0.3) is 0 Å². The fraction of sp³-hybridized carbons (Fsp3) is 0.158. The molecule has 0 spiro atoms. The lowest BCUT2D eigenvalue weighted by Crippen LogP contribution is -1.95. The normalized spacial score (nSPS) is 11.0. The molecule has 0 saturated heterocycles. The van der Waals surface area contributed by atoms with Gasteiger partial charge in [0.15, 0.2) is 11.5 Å². The number of anilines is 1. The summed E-state index contributed by atoms with van der Waals surface area (Å²) in [7, 11) is 0. The summed E-state index contributed by atoms with van der Waals surface area (Å²) in [5, 5.41) is 14.9. The number of benzene rings is 2. The van der Waals surface area contributed by atoms with Crippen molar-refractivity contribution in [3.05, 3.63) is 57.4 Å². The Labute approximate surface area is 164 Å². The summed E-state index contributed by atoms with van der Waals surface area (Å²) in [6.07, 6.45) is 1.66. The van der Waals surface area contributed by atoms with Crippen molar-refractivity contribution in [3.8, 4) is 22.8 Å². The van der Waals surface area contributed by atoms with Gasteiger partial charge in [-0.1, -0.05) is 30.3 Å². The number of thiazole rings is 1. The number of aromatic nitrogens is 1. The third kappa shape index (κ3) is 4.23. The minimum Gasteiger partial charge on any atom is -0.503 e. The molecule has 0 aliphatic heterocycles. The Morgan fingerprint density at radius 2 is 2.08 bits per heavy atom. The first kappa shape index (κ1) is 18.4. The smallest absolute Gasteiger partial charge is 0.204 e. The second-order valence-corrected chi connectivity index (χ2v) is 7.50. The topological polar surface area (TPSA) is 66.7 Å². The molecule has 7 heteroatoms. The number of ether oxygens (including phenoxy) is 1. The Balaban J connectivity index is 1.75. The van der Waals surface area contributed by atoms with E-state index in [1.807, 2.05) is 44.2 Å². The van der Waals surface area contributed by atoms with Crippen LogP contribution >= 0.6 is 27.3 Å². The van der Waals surface area contributed by atoms with E-state index >= 15 is 0 Å². The number of aryl methyl sites for hydroxylation is 1. The van der Waals surface area contributed by atoms with Gasteiger partial charge in [0, 0.05) is 10.4 Å². The monoisotopic (exact) mass is 431 g/mol. The van der Waals surface area contributed by atoms with Gasteiger partial charge in [0.1, 0.15) is 0 Å². The van der Waals surface area contributed by atoms with E-state index in [4.69, 9.17) is 4.74 Å². The van der Waals surface area contributed by atoms with Crippen molar-refractivity contribution in [1.82, 2.24) is 4.98 Å². The Bertz CT molecular complexity index is 926. The zero-order valence-electron chi connectivity index (χ0n) is 14.4. The van der Waals surface area contributed by atoms with Crippen LogP contribution in [0.1, 0.15) is 17.4 Å². The maximum Gasteiger partial charge on any atom is 0.204 e. The van der Waals surface area contributed by atoms with E-state index in [1.54, 1.807) is 29.7 Å². The molecule has 5 nitrogen and oxygen atoms in total. The summed E-state index contributed by atoms with van der Waals surface area (Å²) in [6.45, 7) is 4.38. The number of phenolic OH excluding ortho intramolecular Hbond substituents is 1. The van der Waals surface area contributed by atoms with Crippen LogP contribution in [0.5, 0.6) is 11.5 Å². The largest absolute Gasteiger partial charge is 0.503 e. The van der Waals surface area contributed by atoms with Crippen LogP contribution in [-0.2, 0) is 0 Å². The van der Waals surface area contributed by atoms with Gasteiger partial charge in [-0.3, -0.25) is 5.43 Å². The van der Waals surface area contributed by atoms with E-state index in [0.717, 1.165) is 26.8 Å². The molecule has 0 amide bonds. The molecule has 0 bridgehead atoms. The molecule has 1 heterocycles. The molecule has 0 unspecified atom stereocenters. The lowest BCUT2D eigenvalue weighted by molar-refractivity contribution is 0.317. The highest BCUT2D eigenvalue weighted by molar-refractivity contribution is 9.10. The molecule has 2 aromatic carbocycles. The van der Waals surface area contributed by atoms with E-state index in [1.165, 1.54) is 0 Å². The molecular weight excluding hydrogens is 414 g/mol. The maximum absolute atomic E-state index is 9.96. The minimum atomic E-state index is 0.0833. The fourth-order valence-corrected chi connectivity index (χ4v) is 3.65. The van der Waals surface area contributed by atoms with Gasteiger partial charge < -0.3 is 9.84 Å². The minimum absolute atomic E-state index is 0.0833. The lowest BCUT2D eigenvalue weighted by atomic mass is 10.1. The van der Waals surface area contributed by atoms with Gasteiger partial charge in [-0.25, -0.2) is 4.98 Å². The first-order valence-electron chi connectivity index (χ1n) is 8.05. The van der Waals surface area contributed by atoms with Crippen LogP contribution in [0, 0.1) is 6.92 Å². The second-order valence-electron chi connectivity index (χ2n) is 5.44. The van der Waals surface area contributed by atoms with E-state index < -0.39 is 0 Å². The van der Waals surface area contributed by atoms with Crippen LogP contribution < -0.4 is 10.2 Å². The van der Waals surface area contributed by atoms with Crippen molar-refractivity contribution in [2.24, 2.45) is 5.10 Å². The average Bonchev–Trinajstić information content (AvgIpc) is 3.01. The van der Waals surface area contributed by atoms with Gasteiger partial charge in [-0.2, -0.15) is 5.10 Å². The van der Waals surface area contributed by atoms with Crippen molar-refractivity contribution in [2.45, 2.75) is 13.8 Å². The molecule has 0 aliphatic carbocycles.